The van der Waals surface area contributed by atoms with E-state index in [1.165, 1.54) is 34.2 Å². The molecule has 1 fully saturated rings. The van der Waals surface area contributed by atoms with Crippen molar-refractivity contribution in [2.45, 2.75) is 51.2 Å². The number of benzene rings is 1. The van der Waals surface area contributed by atoms with Crippen LogP contribution in [0.2, 0.25) is 0 Å². The Balaban J connectivity index is 0.000000393. The van der Waals surface area contributed by atoms with E-state index in [1.54, 1.807) is 0 Å². The number of fused-ring (bicyclic) bond motifs is 5. The Kier molecular flexibility index (Phi) is 5.83. The van der Waals surface area contributed by atoms with Gasteiger partial charge in [0.2, 0.25) is 0 Å². The van der Waals surface area contributed by atoms with Gasteiger partial charge < -0.3 is 4.98 Å². The van der Waals surface area contributed by atoms with Crippen molar-refractivity contribution in [2.75, 3.05) is 19.3 Å². The van der Waals surface area contributed by atoms with Crippen LogP contribution in [0.25, 0.3) is 11.3 Å². The number of hydrogen-bond donors (Lipinski definition) is 2. The Morgan fingerprint density at radius 1 is 1.17 bits per heavy atom. The van der Waals surface area contributed by atoms with Crippen LogP contribution in [-0.2, 0) is 35.9 Å². The third-order valence-corrected chi connectivity index (χ3v) is 6.15. The van der Waals surface area contributed by atoms with Crippen LogP contribution in [0.1, 0.15) is 47.1 Å². The second-order valence-corrected chi connectivity index (χ2v) is 9.91. The molecule has 1 aromatic carbocycles. The molecule has 3 aliphatic rings. The predicted molar refractivity (Wildman–Crippen MR) is 114 cm³/mol. The Bertz CT molecular complexity index is 1120. The topological polar surface area (TPSA) is 90.5 Å². The first kappa shape index (κ1) is 21.2. The molecular formula is C22H27FN2O4S. The zero-order valence-electron chi connectivity index (χ0n) is 17.1. The van der Waals surface area contributed by atoms with E-state index in [4.69, 9.17) is 4.55 Å². The molecule has 2 heterocycles. The van der Waals surface area contributed by atoms with E-state index >= 15 is 0 Å². The molecule has 6 nitrogen and oxygen atoms in total. The molecule has 2 aromatic rings. The van der Waals surface area contributed by atoms with Crippen molar-refractivity contribution in [3.05, 3.63) is 56.4 Å². The molecule has 0 saturated carbocycles. The Hall–Kier alpha value is -2.03. The van der Waals surface area contributed by atoms with E-state index < -0.39 is 16.3 Å². The number of nitrogens with zero attached hydrogens (tertiary/aromatic N) is 1. The third-order valence-electron chi connectivity index (χ3n) is 6.15. The van der Waals surface area contributed by atoms with Crippen molar-refractivity contribution in [1.29, 1.82) is 0 Å². The van der Waals surface area contributed by atoms with Crippen molar-refractivity contribution in [1.82, 2.24) is 9.88 Å². The highest BCUT2D eigenvalue weighted by molar-refractivity contribution is 7.85. The van der Waals surface area contributed by atoms with Crippen molar-refractivity contribution in [3.8, 4) is 11.3 Å². The van der Waals surface area contributed by atoms with E-state index in [0.29, 0.717) is 19.2 Å². The van der Waals surface area contributed by atoms with Gasteiger partial charge in [0.1, 0.15) is 6.17 Å². The maximum Gasteiger partial charge on any atom is 0.261 e. The molecule has 0 bridgehead atoms. The van der Waals surface area contributed by atoms with Crippen LogP contribution in [0.4, 0.5) is 4.39 Å². The summed E-state index contributed by atoms with van der Waals surface area (Å²) in [6.45, 7) is 2.19. The lowest BCUT2D eigenvalue weighted by Crippen LogP contribution is -2.21. The molecule has 30 heavy (non-hydrogen) atoms. The van der Waals surface area contributed by atoms with Gasteiger partial charge in [0.05, 0.1) is 11.9 Å². The summed E-state index contributed by atoms with van der Waals surface area (Å²) in [5, 5.41) is 0. The average molecular weight is 435 g/mol. The third kappa shape index (κ3) is 4.50. The largest absolute Gasteiger partial charge is 0.321 e. The van der Waals surface area contributed by atoms with Crippen molar-refractivity contribution in [2.24, 2.45) is 0 Å². The molecule has 1 saturated heterocycles. The minimum Gasteiger partial charge on any atom is -0.321 e. The molecule has 2 aliphatic carbocycles. The number of hydrogen-bond acceptors (Lipinski definition) is 4. The number of aromatic amines is 1. The molecule has 0 radical (unpaired) electrons. The SMILES string of the molecule is CS(=O)(=O)O.O=c1[nH]c2c(c3c1CCCC3)Cc1c(CN3CCC(F)C3)cccc1-2. The number of pyridine rings is 1. The first-order chi connectivity index (χ1) is 14.2. The smallest absolute Gasteiger partial charge is 0.261 e. The van der Waals surface area contributed by atoms with Crippen LogP contribution in [0.5, 0.6) is 0 Å². The van der Waals surface area contributed by atoms with E-state index in [2.05, 4.69) is 28.1 Å². The molecule has 1 atom stereocenters. The zero-order valence-corrected chi connectivity index (χ0v) is 17.9. The van der Waals surface area contributed by atoms with Gasteiger partial charge in [0.25, 0.3) is 15.7 Å². The van der Waals surface area contributed by atoms with Gasteiger partial charge in [-0.2, -0.15) is 8.42 Å². The monoisotopic (exact) mass is 434 g/mol. The first-order valence-corrected chi connectivity index (χ1v) is 12.2. The lowest BCUT2D eigenvalue weighted by molar-refractivity contribution is 0.282. The number of nitrogens with one attached hydrogen (secondary N) is 1. The fourth-order valence-corrected chi connectivity index (χ4v) is 4.90. The molecule has 1 unspecified atom stereocenters. The van der Waals surface area contributed by atoms with Gasteiger partial charge >= 0.3 is 0 Å². The summed E-state index contributed by atoms with van der Waals surface area (Å²) >= 11 is 0. The summed E-state index contributed by atoms with van der Waals surface area (Å²) in [6, 6.07) is 6.36. The Morgan fingerprint density at radius 2 is 1.87 bits per heavy atom. The van der Waals surface area contributed by atoms with Gasteiger partial charge in [0, 0.05) is 37.2 Å². The molecular weight excluding hydrogens is 407 g/mol. The molecule has 0 spiro atoms. The first-order valence-electron chi connectivity index (χ1n) is 10.4. The van der Waals surface area contributed by atoms with Gasteiger partial charge in [0.15, 0.2) is 0 Å². The molecule has 1 aliphatic heterocycles. The van der Waals surface area contributed by atoms with Gasteiger partial charge in [-0.05, 0) is 54.4 Å². The minimum absolute atomic E-state index is 0.103. The van der Waals surface area contributed by atoms with Crippen LogP contribution in [0, 0.1) is 0 Å². The Morgan fingerprint density at radius 3 is 2.53 bits per heavy atom. The number of rotatable bonds is 2. The molecule has 1 aromatic heterocycles. The number of H-pyrrole nitrogens is 1. The fourth-order valence-electron chi connectivity index (χ4n) is 4.90. The van der Waals surface area contributed by atoms with Crippen LogP contribution in [0.15, 0.2) is 23.0 Å². The second-order valence-electron chi connectivity index (χ2n) is 8.45. The minimum atomic E-state index is -3.67. The Labute approximate surface area is 175 Å². The predicted octanol–water partition coefficient (Wildman–Crippen LogP) is 2.87. The van der Waals surface area contributed by atoms with Crippen LogP contribution in [0.3, 0.4) is 0 Å². The molecule has 5 rings (SSSR count). The van der Waals surface area contributed by atoms with Crippen LogP contribution < -0.4 is 5.56 Å². The van der Waals surface area contributed by atoms with Gasteiger partial charge in [-0.15, -0.1) is 0 Å². The van der Waals surface area contributed by atoms with Gasteiger partial charge in [-0.3, -0.25) is 14.2 Å². The van der Waals surface area contributed by atoms with Crippen molar-refractivity contribution < 1.29 is 17.4 Å². The number of aromatic nitrogens is 1. The summed E-state index contributed by atoms with van der Waals surface area (Å²) in [5.74, 6) is 0. The lowest BCUT2D eigenvalue weighted by atomic mass is 9.88. The van der Waals surface area contributed by atoms with Crippen LogP contribution in [-0.4, -0.2) is 48.4 Å². The highest BCUT2D eigenvalue weighted by Gasteiger charge is 2.29. The number of halogens is 1. The molecule has 0 amide bonds. The van der Waals surface area contributed by atoms with E-state index in [9.17, 15) is 17.6 Å². The zero-order chi connectivity index (χ0) is 21.5. The average Bonchev–Trinajstić information content (AvgIpc) is 3.25. The van der Waals surface area contributed by atoms with E-state index in [0.717, 1.165) is 50.0 Å². The quantitative estimate of drug-likeness (QED) is 0.606. The normalized spacial score (nSPS) is 20.2. The highest BCUT2D eigenvalue weighted by atomic mass is 32.2. The van der Waals surface area contributed by atoms with Gasteiger partial charge in [-0.25, -0.2) is 4.39 Å². The van der Waals surface area contributed by atoms with Crippen molar-refractivity contribution >= 4 is 10.1 Å². The number of likely N-dealkylation sites (tertiary alicyclic amines) is 1. The summed E-state index contributed by atoms with van der Waals surface area (Å²) in [4.78, 5) is 17.9. The standard InChI is InChI=1S/C21H23FN2O.CH4O3S/c22-14-8-9-24(12-14)11-13-4-3-7-16-18(13)10-19-15-5-1-2-6-17(15)21(25)23-20(16)19;1-5(2,3)4/h3-4,7,14H,1-2,5-6,8-12H2,(H,23,25);1H3,(H,2,3,4). The number of alkyl halides is 1. The fraction of sp³-hybridized carbons (Fsp3) is 0.500. The summed E-state index contributed by atoms with van der Waals surface area (Å²) in [5.41, 5.74) is 8.58. The summed E-state index contributed by atoms with van der Waals surface area (Å²) in [6.07, 6.45) is 5.82. The van der Waals surface area contributed by atoms with Gasteiger partial charge in [-0.1, -0.05) is 18.2 Å². The molecule has 2 N–H and O–H groups in total. The summed E-state index contributed by atoms with van der Waals surface area (Å²) in [7, 11) is -3.67. The van der Waals surface area contributed by atoms with Crippen molar-refractivity contribution in [3.63, 3.8) is 0 Å². The van der Waals surface area contributed by atoms with Crippen LogP contribution >= 0.6 is 0 Å². The second kappa shape index (κ2) is 8.24. The van der Waals surface area contributed by atoms with E-state index in [1.807, 2.05) is 0 Å². The lowest BCUT2D eigenvalue weighted by Gasteiger charge is -2.18. The highest BCUT2D eigenvalue weighted by Crippen LogP contribution is 2.40. The van der Waals surface area contributed by atoms with E-state index in [-0.39, 0.29) is 5.56 Å². The maximum atomic E-state index is 13.5. The molecule has 8 heteroatoms. The maximum absolute atomic E-state index is 13.5. The molecule has 162 valence electrons. The summed E-state index contributed by atoms with van der Waals surface area (Å²) < 4.78 is 39.4.